The molecule has 0 saturated carbocycles. The summed E-state index contributed by atoms with van der Waals surface area (Å²) in [6.07, 6.45) is 57.0. The highest BCUT2D eigenvalue weighted by atomic mass is 15.2. The topological polar surface area (TPSA) is 6.25 Å². The van der Waals surface area contributed by atoms with E-state index in [0.29, 0.717) is 0 Å². The van der Waals surface area contributed by atoms with Gasteiger partial charge >= 0.3 is 0 Å². The van der Waals surface area contributed by atoms with E-state index in [9.17, 15) is 0 Å². The molecule has 2 aromatic carbocycles. The first-order valence-electron chi connectivity index (χ1n) is 25.4. The molecular formula is C59H89N2+. The van der Waals surface area contributed by atoms with Crippen molar-refractivity contribution in [2.45, 2.75) is 206 Å². The molecule has 334 valence electrons. The Morgan fingerprint density at radius 2 is 0.967 bits per heavy atom. The Morgan fingerprint density at radius 3 is 1.54 bits per heavy atom. The fourth-order valence-electron chi connectivity index (χ4n) is 9.51. The van der Waals surface area contributed by atoms with E-state index in [2.05, 4.69) is 166 Å². The summed E-state index contributed by atoms with van der Waals surface area (Å²) >= 11 is 0. The third kappa shape index (κ3) is 16.5. The smallest absolute Gasteiger partial charge is 0.209 e. The Bertz CT molecular complexity index is 1740. The molecule has 2 aromatic rings. The molecule has 0 atom stereocenters. The van der Waals surface area contributed by atoms with Crippen molar-refractivity contribution in [3.8, 4) is 0 Å². The van der Waals surface area contributed by atoms with Gasteiger partial charge in [-0.25, -0.2) is 0 Å². The lowest BCUT2D eigenvalue weighted by molar-refractivity contribution is -0.438. The largest absolute Gasteiger partial charge is 0.344 e. The van der Waals surface area contributed by atoms with Gasteiger partial charge in [-0.05, 0) is 109 Å². The zero-order chi connectivity index (χ0) is 43.4. The van der Waals surface area contributed by atoms with Gasteiger partial charge in [-0.3, -0.25) is 0 Å². The first-order chi connectivity index (χ1) is 29.8. The zero-order valence-corrected chi connectivity index (χ0v) is 40.2. The third-order valence-corrected chi connectivity index (χ3v) is 13.3. The van der Waals surface area contributed by atoms with Crippen LogP contribution < -0.4 is 4.90 Å². The Morgan fingerprint density at radius 1 is 0.492 bits per heavy atom. The molecule has 2 heteroatoms. The minimum absolute atomic E-state index is 0.0288. The zero-order valence-electron chi connectivity index (χ0n) is 40.2. The fourth-order valence-corrected chi connectivity index (χ4v) is 9.51. The number of unbranched alkanes of at least 4 members (excludes halogenated alkanes) is 18. The predicted molar refractivity (Wildman–Crippen MR) is 272 cm³/mol. The molecule has 0 bridgehead atoms. The maximum Gasteiger partial charge on any atom is 0.209 e. The van der Waals surface area contributed by atoms with Crippen LogP contribution in [0.4, 0.5) is 11.4 Å². The summed E-state index contributed by atoms with van der Waals surface area (Å²) in [6.45, 7) is 16.4. The number of hydrogen-bond donors (Lipinski definition) is 0. The number of nitrogens with zero attached hydrogens (tertiary/aromatic N) is 2. The lowest BCUT2D eigenvalue weighted by Crippen LogP contribution is -2.28. The average molecular weight is 826 g/mol. The molecule has 2 aliphatic heterocycles. The van der Waals surface area contributed by atoms with Crippen molar-refractivity contribution < 1.29 is 4.58 Å². The number of allylic oxidation sites excluding steroid dienone is 12. The first kappa shape index (κ1) is 50.0. The monoisotopic (exact) mass is 826 g/mol. The standard InChI is InChI=1S/C59H89N2/c1-7-9-11-13-15-17-19-21-23-25-27-29-31-33-35-41-50-60-54-46-39-37-44-52(54)58(3,4)56(60)48-43-49-57-59(5,6)53-45-38-40-47-55(53)61(57)51-42-36-34-32-30-28-26-24-22-20-18-16-14-12-10-8-2/h15-18,21-24,37-40,43-49H,7-14,19-20,25-36,41-42,50-51H2,1-6H3/q+1/b17-15-,18-16-,23-21-,24-22-. The second-order valence-electron chi connectivity index (χ2n) is 19.1. The van der Waals surface area contributed by atoms with Crippen molar-refractivity contribution in [2.75, 3.05) is 18.0 Å². The molecule has 0 radical (unpaired) electrons. The van der Waals surface area contributed by atoms with Gasteiger partial charge < -0.3 is 4.90 Å². The van der Waals surface area contributed by atoms with E-state index in [-0.39, 0.29) is 10.8 Å². The summed E-state index contributed by atoms with van der Waals surface area (Å²) in [7, 11) is 0. The number of para-hydroxylation sites is 2. The molecule has 2 aliphatic rings. The van der Waals surface area contributed by atoms with Gasteiger partial charge in [-0.2, -0.15) is 4.58 Å². The van der Waals surface area contributed by atoms with Gasteiger partial charge in [0.2, 0.25) is 5.69 Å². The number of anilines is 1. The second kappa shape index (κ2) is 28.9. The molecule has 0 amide bonds. The molecule has 2 heterocycles. The van der Waals surface area contributed by atoms with E-state index in [1.54, 1.807) is 0 Å². The predicted octanol–water partition coefficient (Wildman–Crippen LogP) is 17.9. The van der Waals surface area contributed by atoms with Gasteiger partial charge in [-0.1, -0.05) is 189 Å². The number of benzene rings is 2. The Balaban J connectivity index is 1.27. The SMILES string of the molecule is CCCCC/C=C\C/C=C\CCCCCCCCN1/C(=C/C=C/C2=[N+](CCCCCCCC/C=C\C/C=C\CCCCC)c3ccccc3C2(C)C)C(C)(C)c2ccccc21. The minimum Gasteiger partial charge on any atom is -0.344 e. The van der Waals surface area contributed by atoms with Gasteiger partial charge in [0.05, 0.1) is 5.41 Å². The Hall–Kier alpha value is -3.65. The molecule has 2 nitrogen and oxygen atoms in total. The molecule has 0 unspecified atom stereocenters. The van der Waals surface area contributed by atoms with Crippen LogP contribution in [0.2, 0.25) is 0 Å². The number of hydrogen-bond acceptors (Lipinski definition) is 1. The quantitative estimate of drug-likeness (QED) is 0.0405. The van der Waals surface area contributed by atoms with Crippen molar-refractivity contribution in [1.29, 1.82) is 0 Å². The lowest BCUT2D eigenvalue weighted by atomic mass is 9.81. The van der Waals surface area contributed by atoms with Gasteiger partial charge in [0, 0.05) is 47.5 Å². The second-order valence-corrected chi connectivity index (χ2v) is 19.1. The number of fused-ring (bicyclic) bond motifs is 2. The molecule has 4 rings (SSSR count). The van der Waals surface area contributed by atoms with Crippen molar-refractivity contribution in [2.24, 2.45) is 0 Å². The maximum atomic E-state index is 2.64. The first-order valence-corrected chi connectivity index (χ1v) is 25.4. The number of rotatable bonds is 32. The molecule has 0 saturated heterocycles. The highest BCUT2D eigenvalue weighted by molar-refractivity contribution is 6.03. The minimum atomic E-state index is -0.0288. The van der Waals surface area contributed by atoms with Crippen LogP contribution in [0.5, 0.6) is 0 Å². The summed E-state index contributed by atoms with van der Waals surface area (Å²) in [5.74, 6) is 0. The Labute approximate surface area is 376 Å². The van der Waals surface area contributed by atoms with Crippen LogP contribution in [-0.2, 0) is 10.8 Å². The van der Waals surface area contributed by atoms with Gasteiger partial charge in [0.1, 0.15) is 6.54 Å². The van der Waals surface area contributed by atoms with E-state index in [0.717, 1.165) is 25.9 Å². The fraction of sp³-hybridized carbons (Fsp3) is 0.576. The van der Waals surface area contributed by atoms with E-state index >= 15 is 0 Å². The lowest BCUT2D eigenvalue weighted by Gasteiger charge is -2.27. The normalized spacial score (nSPS) is 16.6. The maximum absolute atomic E-state index is 2.64. The van der Waals surface area contributed by atoms with Crippen LogP contribution in [-0.4, -0.2) is 23.4 Å². The average Bonchev–Trinajstić information content (AvgIpc) is 3.61. The van der Waals surface area contributed by atoms with Crippen molar-refractivity contribution in [1.82, 2.24) is 0 Å². The van der Waals surface area contributed by atoms with E-state index < -0.39 is 0 Å². The highest BCUT2D eigenvalue weighted by Crippen LogP contribution is 2.48. The molecule has 0 N–H and O–H groups in total. The van der Waals surface area contributed by atoms with Gasteiger partial charge in [-0.15, -0.1) is 0 Å². The van der Waals surface area contributed by atoms with Gasteiger partial charge in [0.15, 0.2) is 5.71 Å². The summed E-state index contributed by atoms with van der Waals surface area (Å²) in [5.41, 5.74) is 8.50. The third-order valence-electron chi connectivity index (χ3n) is 13.3. The molecule has 0 spiro atoms. The van der Waals surface area contributed by atoms with Crippen LogP contribution in [0.3, 0.4) is 0 Å². The molecular weight excluding hydrogens is 737 g/mol. The van der Waals surface area contributed by atoms with E-state index in [4.69, 9.17) is 0 Å². The molecule has 0 fully saturated rings. The summed E-state index contributed by atoms with van der Waals surface area (Å²) < 4.78 is 2.64. The van der Waals surface area contributed by atoms with Crippen LogP contribution in [0.15, 0.2) is 121 Å². The van der Waals surface area contributed by atoms with E-state index in [1.165, 1.54) is 175 Å². The van der Waals surface area contributed by atoms with E-state index in [1.807, 2.05) is 0 Å². The van der Waals surface area contributed by atoms with Crippen LogP contribution in [0.25, 0.3) is 0 Å². The molecule has 0 aliphatic carbocycles. The summed E-state index contributed by atoms with van der Waals surface area (Å²) in [5, 5.41) is 0. The van der Waals surface area contributed by atoms with Crippen LogP contribution in [0, 0.1) is 0 Å². The van der Waals surface area contributed by atoms with Crippen molar-refractivity contribution in [3.05, 3.63) is 132 Å². The highest BCUT2D eigenvalue weighted by Gasteiger charge is 2.44. The molecule has 0 aromatic heterocycles. The van der Waals surface area contributed by atoms with Crippen molar-refractivity contribution in [3.63, 3.8) is 0 Å². The summed E-state index contributed by atoms with van der Waals surface area (Å²) in [6, 6.07) is 18.3. The van der Waals surface area contributed by atoms with Gasteiger partial charge in [0.25, 0.3) is 0 Å². The van der Waals surface area contributed by atoms with Crippen molar-refractivity contribution >= 4 is 17.1 Å². The summed E-state index contributed by atoms with van der Waals surface area (Å²) in [4.78, 5) is 2.64. The molecule has 61 heavy (non-hydrogen) atoms. The Kier molecular flexibility index (Phi) is 23.7. The van der Waals surface area contributed by atoms with Crippen LogP contribution >= 0.6 is 0 Å². The van der Waals surface area contributed by atoms with Crippen LogP contribution in [0.1, 0.15) is 207 Å².